The van der Waals surface area contributed by atoms with Gasteiger partial charge >= 0.3 is 0 Å². The first-order valence-corrected chi connectivity index (χ1v) is 8.02. The zero-order valence-electron chi connectivity index (χ0n) is 10.6. The summed E-state index contributed by atoms with van der Waals surface area (Å²) in [6.45, 7) is 0. The van der Waals surface area contributed by atoms with Crippen molar-refractivity contribution in [2.75, 3.05) is 0 Å². The number of alkyl halides is 1. The second-order valence-corrected chi connectivity index (χ2v) is 6.38. The van der Waals surface area contributed by atoms with E-state index in [-0.39, 0.29) is 0 Å². The minimum Gasteiger partial charge on any atom is -0.419 e. The molecule has 0 amide bonds. The number of hydrogen-bond acceptors (Lipinski definition) is 3. The molecule has 0 spiro atoms. The van der Waals surface area contributed by atoms with Crippen LogP contribution in [0.25, 0.3) is 11.5 Å². The zero-order valence-corrected chi connectivity index (χ0v) is 14.3. The Labute approximate surface area is 145 Å². The van der Waals surface area contributed by atoms with E-state index >= 15 is 0 Å². The topological polar surface area (TPSA) is 38.9 Å². The smallest absolute Gasteiger partial charge is 0.248 e. The van der Waals surface area contributed by atoms with Crippen molar-refractivity contribution in [3.05, 3.63) is 68.6 Å². The third kappa shape index (κ3) is 3.22. The van der Waals surface area contributed by atoms with Crippen LogP contribution in [-0.2, 0) is 0 Å². The number of aromatic nitrogens is 2. The minimum atomic E-state index is -0.468. The molecule has 106 valence electrons. The van der Waals surface area contributed by atoms with E-state index in [1.807, 2.05) is 42.5 Å². The van der Waals surface area contributed by atoms with Crippen molar-refractivity contribution in [2.24, 2.45) is 0 Å². The molecule has 0 N–H and O–H groups in total. The molecular formula is C15H9Cl2IN2O. The molecule has 0 aliphatic heterocycles. The average molecular weight is 431 g/mol. The molecular weight excluding hydrogens is 422 g/mol. The van der Waals surface area contributed by atoms with E-state index in [1.54, 1.807) is 6.07 Å². The van der Waals surface area contributed by atoms with Gasteiger partial charge in [-0.05, 0) is 46.4 Å². The maximum atomic E-state index is 6.38. The fourth-order valence-electron chi connectivity index (χ4n) is 1.87. The standard InChI is InChI=1S/C15H9Cl2IN2O/c16-10-6-7-12(18)11(8-10)14-19-20-15(21-14)13(17)9-4-2-1-3-5-9/h1-8,13H. The summed E-state index contributed by atoms with van der Waals surface area (Å²) in [6.07, 6.45) is 0. The Bertz CT molecular complexity index is 761. The first-order chi connectivity index (χ1) is 10.1. The van der Waals surface area contributed by atoms with Crippen LogP contribution in [0.2, 0.25) is 5.02 Å². The van der Waals surface area contributed by atoms with E-state index in [2.05, 4.69) is 32.8 Å². The van der Waals surface area contributed by atoms with Gasteiger partial charge in [0.05, 0.1) is 5.56 Å². The van der Waals surface area contributed by atoms with Crippen LogP contribution in [0.15, 0.2) is 52.9 Å². The van der Waals surface area contributed by atoms with E-state index < -0.39 is 5.38 Å². The lowest BCUT2D eigenvalue weighted by atomic mass is 10.1. The van der Waals surface area contributed by atoms with Crippen molar-refractivity contribution in [3.8, 4) is 11.5 Å². The Morgan fingerprint density at radius 3 is 2.57 bits per heavy atom. The third-order valence-corrected chi connectivity index (χ3v) is 4.52. The van der Waals surface area contributed by atoms with Crippen LogP contribution in [0.1, 0.15) is 16.8 Å². The second kappa shape index (κ2) is 6.34. The number of rotatable bonds is 3. The quantitative estimate of drug-likeness (QED) is 0.416. The highest BCUT2D eigenvalue weighted by atomic mass is 127. The fraction of sp³-hybridized carbons (Fsp3) is 0.0667. The average Bonchev–Trinajstić information content (AvgIpc) is 2.99. The summed E-state index contributed by atoms with van der Waals surface area (Å²) in [5.74, 6) is 0.784. The molecule has 0 fully saturated rings. The number of hydrogen-bond donors (Lipinski definition) is 0. The lowest BCUT2D eigenvalue weighted by Crippen LogP contribution is -1.92. The van der Waals surface area contributed by atoms with Gasteiger partial charge in [-0.1, -0.05) is 41.9 Å². The Morgan fingerprint density at radius 2 is 1.81 bits per heavy atom. The highest BCUT2D eigenvalue weighted by Gasteiger charge is 2.19. The molecule has 3 aromatic rings. The Balaban J connectivity index is 1.95. The third-order valence-electron chi connectivity index (χ3n) is 2.91. The van der Waals surface area contributed by atoms with E-state index in [1.165, 1.54) is 0 Å². The van der Waals surface area contributed by atoms with E-state index in [9.17, 15) is 0 Å². The molecule has 0 bridgehead atoms. The van der Waals surface area contributed by atoms with Crippen LogP contribution < -0.4 is 0 Å². The Morgan fingerprint density at radius 1 is 1.05 bits per heavy atom. The lowest BCUT2D eigenvalue weighted by Gasteiger charge is -2.04. The van der Waals surface area contributed by atoms with Crippen LogP contribution in [0.5, 0.6) is 0 Å². The molecule has 1 unspecified atom stereocenters. The van der Waals surface area contributed by atoms with Crippen molar-refractivity contribution in [1.82, 2.24) is 10.2 Å². The largest absolute Gasteiger partial charge is 0.419 e. The summed E-state index contributed by atoms with van der Waals surface area (Å²) < 4.78 is 6.69. The van der Waals surface area contributed by atoms with Gasteiger partial charge in [-0.15, -0.1) is 21.8 Å². The fourth-order valence-corrected chi connectivity index (χ4v) is 2.84. The Kier molecular flexibility index (Phi) is 4.47. The molecule has 6 heteroatoms. The Hall–Kier alpha value is -1.11. The van der Waals surface area contributed by atoms with Gasteiger partial charge in [-0.3, -0.25) is 0 Å². The van der Waals surface area contributed by atoms with Gasteiger partial charge in [0, 0.05) is 8.59 Å². The van der Waals surface area contributed by atoms with Gasteiger partial charge in [0.1, 0.15) is 5.38 Å². The van der Waals surface area contributed by atoms with Gasteiger partial charge in [0.25, 0.3) is 0 Å². The molecule has 0 radical (unpaired) electrons. The van der Waals surface area contributed by atoms with Crippen LogP contribution in [-0.4, -0.2) is 10.2 Å². The summed E-state index contributed by atoms with van der Waals surface area (Å²) in [4.78, 5) is 0. The van der Waals surface area contributed by atoms with Gasteiger partial charge in [-0.2, -0.15) is 0 Å². The molecule has 21 heavy (non-hydrogen) atoms. The maximum Gasteiger partial charge on any atom is 0.248 e. The number of halogens is 3. The maximum absolute atomic E-state index is 6.38. The molecule has 0 aliphatic rings. The summed E-state index contributed by atoms with van der Waals surface area (Å²) in [6, 6.07) is 15.1. The normalized spacial score (nSPS) is 12.3. The van der Waals surface area contributed by atoms with Gasteiger partial charge < -0.3 is 4.42 Å². The van der Waals surface area contributed by atoms with Gasteiger partial charge in [0.15, 0.2) is 0 Å². The predicted molar refractivity (Wildman–Crippen MR) is 91.6 cm³/mol. The molecule has 1 heterocycles. The molecule has 0 aliphatic carbocycles. The van der Waals surface area contributed by atoms with E-state index in [0.29, 0.717) is 16.8 Å². The summed E-state index contributed by atoms with van der Waals surface area (Å²) in [5, 5.41) is 8.27. The van der Waals surface area contributed by atoms with Crippen molar-refractivity contribution < 1.29 is 4.42 Å². The SMILES string of the molecule is Clc1ccc(I)c(-c2nnc(C(Cl)c3ccccc3)o2)c1. The molecule has 2 aromatic carbocycles. The highest BCUT2D eigenvalue weighted by Crippen LogP contribution is 2.32. The molecule has 0 saturated carbocycles. The monoisotopic (exact) mass is 430 g/mol. The molecule has 3 nitrogen and oxygen atoms in total. The molecule has 0 saturated heterocycles. The zero-order chi connectivity index (χ0) is 14.8. The van der Waals surface area contributed by atoms with Crippen molar-refractivity contribution >= 4 is 45.8 Å². The van der Waals surface area contributed by atoms with Crippen LogP contribution in [0.3, 0.4) is 0 Å². The molecule has 3 rings (SSSR count). The van der Waals surface area contributed by atoms with Crippen molar-refractivity contribution in [2.45, 2.75) is 5.38 Å². The van der Waals surface area contributed by atoms with Crippen LogP contribution >= 0.6 is 45.8 Å². The first kappa shape index (κ1) is 14.8. The van der Waals surface area contributed by atoms with Crippen LogP contribution in [0.4, 0.5) is 0 Å². The lowest BCUT2D eigenvalue weighted by molar-refractivity contribution is 0.513. The number of nitrogens with zero attached hydrogens (tertiary/aromatic N) is 2. The molecule has 1 atom stereocenters. The highest BCUT2D eigenvalue weighted by molar-refractivity contribution is 14.1. The summed E-state index contributed by atoms with van der Waals surface area (Å²) in [5.41, 5.74) is 1.72. The minimum absolute atomic E-state index is 0.369. The second-order valence-electron chi connectivity index (χ2n) is 4.34. The van der Waals surface area contributed by atoms with E-state index in [4.69, 9.17) is 27.6 Å². The molecule has 1 aromatic heterocycles. The summed E-state index contributed by atoms with van der Waals surface area (Å²) >= 11 is 14.6. The van der Waals surface area contributed by atoms with Crippen molar-refractivity contribution in [3.63, 3.8) is 0 Å². The predicted octanol–water partition coefficient (Wildman–Crippen LogP) is 5.32. The first-order valence-electron chi connectivity index (χ1n) is 6.13. The van der Waals surface area contributed by atoms with E-state index in [0.717, 1.165) is 14.7 Å². The van der Waals surface area contributed by atoms with Crippen LogP contribution in [0, 0.1) is 3.57 Å². The summed E-state index contributed by atoms with van der Waals surface area (Å²) in [7, 11) is 0. The van der Waals surface area contributed by atoms with Gasteiger partial charge in [-0.25, -0.2) is 0 Å². The van der Waals surface area contributed by atoms with Gasteiger partial charge in [0.2, 0.25) is 11.8 Å². The van der Waals surface area contributed by atoms with Crippen molar-refractivity contribution in [1.29, 1.82) is 0 Å². The number of benzene rings is 2.